The predicted molar refractivity (Wildman–Crippen MR) is 69.7 cm³/mol. The quantitative estimate of drug-likeness (QED) is 0.663. The molecule has 3 atom stereocenters. The lowest BCUT2D eigenvalue weighted by Gasteiger charge is -2.10. The van der Waals surface area contributed by atoms with Crippen LogP contribution in [0.4, 0.5) is 0 Å². The summed E-state index contributed by atoms with van der Waals surface area (Å²) in [5.41, 5.74) is 0. The van der Waals surface area contributed by atoms with Crippen molar-refractivity contribution >= 4 is 38.9 Å². The normalized spacial score (nSPS) is 35.3. The van der Waals surface area contributed by atoms with Crippen LogP contribution in [0, 0.1) is 24.7 Å². The molecule has 0 bridgehead atoms. The number of hydrogen-bond acceptors (Lipinski definition) is 1. The fourth-order valence-electron chi connectivity index (χ4n) is 3.18. The van der Waals surface area contributed by atoms with Crippen molar-refractivity contribution in [1.29, 1.82) is 0 Å². The molecular formula is C12H14BrClS. The van der Waals surface area contributed by atoms with Gasteiger partial charge in [-0.1, -0.05) is 6.42 Å². The van der Waals surface area contributed by atoms with Crippen LogP contribution in [-0.2, 0) is 0 Å². The van der Waals surface area contributed by atoms with E-state index in [1.54, 1.807) is 0 Å². The van der Waals surface area contributed by atoms with E-state index in [1.807, 2.05) is 11.3 Å². The number of thiophene rings is 1. The predicted octanol–water partition coefficient (Wildman–Crippen LogP) is 5.15. The molecule has 2 aliphatic rings. The molecule has 0 aromatic carbocycles. The summed E-state index contributed by atoms with van der Waals surface area (Å²) in [7, 11) is 0. The molecule has 0 nitrogen and oxygen atoms in total. The third-order valence-corrected chi connectivity index (χ3v) is 6.59. The lowest BCUT2D eigenvalue weighted by atomic mass is 10.1. The molecule has 1 heterocycles. The zero-order valence-corrected chi connectivity index (χ0v) is 11.8. The number of fused-ring (bicyclic) bond motifs is 1. The monoisotopic (exact) mass is 304 g/mol. The summed E-state index contributed by atoms with van der Waals surface area (Å²) in [4.78, 5) is 2.71. The third kappa shape index (κ3) is 1.69. The smallest absolute Gasteiger partial charge is 0.0723 e. The summed E-state index contributed by atoms with van der Waals surface area (Å²) < 4.78 is 1.22. The molecule has 1 aromatic heterocycles. The van der Waals surface area contributed by atoms with Gasteiger partial charge in [-0.25, -0.2) is 0 Å². The minimum absolute atomic E-state index is 0.258. The van der Waals surface area contributed by atoms with Gasteiger partial charge < -0.3 is 0 Å². The molecule has 0 radical (unpaired) electrons. The van der Waals surface area contributed by atoms with E-state index in [0.29, 0.717) is 0 Å². The molecular weight excluding hydrogens is 292 g/mol. The molecule has 0 N–H and O–H groups in total. The summed E-state index contributed by atoms with van der Waals surface area (Å²) in [5.74, 6) is 2.67. The number of aryl methyl sites for hydroxylation is 1. The molecule has 0 saturated heterocycles. The maximum atomic E-state index is 6.60. The molecule has 3 rings (SSSR count). The van der Waals surface area contributed by atoms with E-state index in [4.69, 9.17) is 11.6 Å². The lowest BCUT2D eigenvalue weighted by molar-refractivity contribution is 0.577. The van der Waals surface area contributed by atoms with Crippen LogP contribution in [0.25, 0.3) is 0 Å². The largest absolute Gasteiger partial charge is 0.143 e. The van der Waals surface area contributed by atoms with Crippen LogP contribution >= 0.6 is 38.9 Å². The molecule has 3 unspecified atom stereocenters. The van der Waals surface area contributed by atoms with Crippen LogP contribution in [0.3, 0.4) is 0 Å². The minimum Gasteiger partial charge on any atom is -0.143 e. The standard InChI is InChI=1S/C12H14BrClS/c1-6-5-9(13)12(15-6)11(14)10-7-3-2-4-8(7)10/h5,7-8,10-11H,2-4H2,1H3. The van der Waals surface area contributed by atoms with Crippen molar-refractivity contribution in [2.75, 3.05) is 0 Å². The Morgan fingerprint density at radius 3 is 2.67 bits per heavy atom. The van der Waals surface area contributed by atoms with Crippen molar-refractivity contribution in [1.82, 2.24) is 0 Å². The van der Waals surface area contributed by atoms with Gasteiger partial charge >= 0.3 is 0 Å². The molecule has 15 heavy (non-hydrogen) atoms. The van der Waals surface area contributed by atoms with Gasteiger partial charge in [0.15, 0.2) is 0 Å². The van der Waals surface area contributed by atoms with Gasteiger partial charge in [-0.05, 0) is 59.5 Å². The summed E-state index contributed by atoms with van der Waals surface area (Å²) in [5, 5.41) is 0.258. The van der Waals surface area contributed by atoms with E-state index in [2.05, 4.69) is 28.9 Å². The summed E-state index contributed by atoms with van der Waals surface area (Å²) >= 11 is 12.1. The Labute approximate surface area is 108 Å². The van der Waals surface area contributed by atoms with Gasteiger partial charge in [0.2, 0.25) is 0 Å². The molecule has 0 amide bonds. The van der Waals surface area contributed by atoms with Crippen LogP contribution in [0.5, 0.6) is 0 Å². The van der Waals surface area contributed by atoms with Gasteiger partial charge in [-0.3, -0.25) is 0 Å². The Morgan fingerprint density at radius 2 is 2.13 bits per heavy atom. The maximum Gasteiger partial charge on any atom is 0.0723 e. The van der Waals surface area contributed by atoms with Gasteiger partial charge in [0.05, 0.1) is 5.38 Å². The second kappa shape index (κ2) is 3.75. The third-order valence-electron chi connectivity index (χ3n) is 3.90. The van der Waals surface area contributed by atoms with Crippen LogP contribution in [-0.4, -0.2) is 0 Å². The number of alkyl halides is 1. The van der Waals surface area contributed by atoms with E-state index in [1.165, 1.54) is 33.5 Å². The highest BCUT2D eigenvalue weighted by atomic mass is 79.9. The molecule has 0 spiro atoms. The maximum absolute atomic E-state index is 6.60. The first-order chi connectivity index (χ1) is 7.18. The van der Waals surface area contributed by atoms with Gasteiger partial charge in [-0.15, -0.1) is 22.9 Å². The zero-order valence-electron chi connectivity index (χ0n) is 8.67. The second-order valence-electron chi connectivity index (χ2n) is 4.81. The highest BCUT2D eigenvalue weighted by Crippen LogP contribution is 2.64. The molecule has 0 aliphatic heterocycles. The Morgan fingerprint density at radius 1 is 1.47 bits per heavy atom. The fraction of sp³-hybridized carbons (Fsp3) is 0.667. The van der Waals surface area contributed by atoms with E-state index in [-0.39, 0.29) is 5.38 Å². The number of halogens is 2. The second-order valence-corrected chi connectivity index (χ2v) is 7.42. The Hall–Kier alpha value is 0.470. The van der Waals surface area contributed by atoms with E-state index in [0.717, 1.165) is 17.8 Å². The summed E-state index contributed by atoms with van der Waals surface area (Å²) in [6.45, 7) is 2.15. The van der Waals surface area contributed by atoms with Crippen molar-refractivity contribution < 1.29 is 0 Å². The van der Waals surface area contributed by atoms with E-state index >= 15 is 0 Å². The Balaban J connectivity index is 1.80. The van der Waals surface area contributed by atoms with Crippen LogP contribution in [0.2, 0.25) is 0 Å². The highest BCUT2D eigenvalue weighted by Gasteiger charge is 2.56. The van der Waals surface area contributed by atoms with Crippen molar-refractivity contribution in [3.63, 3.8) is 0 Å². The molecule has 2 aliphatic carbocycles. The average Bonchev–Trinajstić information content (AvgIpc) is 2.58. The van der Waals surface area contributed by atoms with Crippen molar-refractivity contribution in [2.24, 2.45) is 17.8 Å². The molecule has 82 valence electrons. The van der Waals surface area contributed by atoms with Gasteiger partial charge in [0.25, 0.3) is 0 Å². The number of hydrogen-bond donors (Lipinski definition) is 0. The first kappa shape index (κ1) is 10.6. The van der Waals surface area contributed by atoms with Crippen molar-refractivity contribution in [2.45, 2.75) is 31.6 Å². The highest BCUT2D eigenvalue weighted by molar-refractivity contribution is 9.10. The van der Waals surface area contributed by atoms with Gasteiger partial charge in [0.1, 0.15) is 0 Å². The minimum atomic E-state index is 0.258. The first-order valence-corrected chi connectivity index (χ1v) is 7.63. The fourth-order valence-corrected chi connectivity index (χ4v) is 5.87. The van der Waals surface area contributed by atoms with Gasteiger partial charge in [0, 0.05) is 14.2 Å². The Kier molecular flexibility index (Phi) is 2.65. The summed E-state index contributed by atoms with van der Waals surface area (Å²) in [6.07, 6.45) is 4.27. The van der Waals surface area contributed by atoms with Crippen molar-refractivity contribution in [3.05, 3.63) is 20.3 Å². The topological polar surface area (TPSA) is 0 Å². The SMILES string of the molecule is Cc1cc(Br)c(C(Cl)C2C3CCCC32)s1. The molecule has 1 aromatic rings. The van der Waals surface area contributed by atoms with Crippen molar-refractivity contribution in [3.8, 4) is 0 Å². The van der Waals surface area contributed by atoms with Gasteiger partial charge in [-0.2, -0.15) is 0 Å². The number of rotatable bonds is 2. The van der Waals surface area contributed by atoms with Crippen LogP contribution in [0.1, 0.15) is 34.4 Å². The zero-order chi connectivity index (χ0) is 10.6. The summed E-state index contributed by atoms with van der Waals surface area (Å²) in [6, 6.07) is 2.19. The molecule has 2 fully saturated rings. The van der Waals surface area contributed by atoms with Crippen LogP contribution < -0.4 is 0 Å². The lowest BCUT2D eigenvalue weighted by Crippen LogP contribution is -1.96. The molecule has 2 saturated carbocycles. The first-order valence-electron chi connectivity index (χ1n) is 5.58. The van der Waals surface area contributed by atoms with E-state index < -0.39 is 0 Å². The van der Waals surface area contributed by atoms with E-state index in [9.17, 15) is 0 Å². The Bertz CT molecular complexity index is 377. The average molecular weight is 306 g/mol. The molecule has 3 heteroatoms. The van der Waals surface area contributed by atoms with Crippen LogP contribution in [0.15, 0.2) is 10.5 Å².